The summed E-state index contributed by atoms with van der Waals surface area (Å²) < 4.78 is 5.29. The standard InChI is InChI=1S/C11H22N2O2/c1-11(4-6-12-7-5-11)10(14)15-9-8-13(2)3/h12H,4-9H2,1-3H3. The molecule has 0 atom stereocenters. The Labute approximate surface area is 92.0 Å². The van der Waals surface area contributed by atoms with Crippen molar-refractivity contribution in [1.82, 2.24) is 10.2 Å². The van der Waals surface area contributed by atoms with Gasteiger partial charge in [-0.3, -0.25) is 4.79 Å². The quantitative estimate of drug-likeness (QED) is 0.691. The number of ether oxygens (including phenoxy) is 1. The number of rotatable bonds is 4. The van der Waals surface area contributed by atoms with E-state index in [0.29, 0.717) is 6.61 Å². The van der Waals surface area contributed by atoms with Crippen molar-refractivity contribution in [3.05, 3.63) is 0 Å². The molecule has 0 aliphatic carbocycles. The second kappa shape index (κ2) is 5.47. The lowest BCUT2D eigenvalue weighted by Crippen LogP contribution is -2.41. The summed E-state index contributed by atoms with van der Waals surface area (Å²) >= 11 is 0. The molecular weight excluding hydrogens is 192 g/mol. The van der Waals surface area contributed by atoms with Gasteiger partial charge in [-0.1, -0.05) is 0 Å². The first-order valence-electron chi connectivity index (χ1n) is 5.57. The van der Waals surface area contributed by atoms with Gasteiger partial charge >= 0.3 is 5.97 Å². The van der Waals surface area contributed by atoms with Crippen LogP contribution in [0.2, 0.25) is 0 Å². The van der Waals surface area contributed by atoms with Crippen LogP contribution >= 0.6 is 0 Å². The van der Waals surface area contributed by atoms with Gasteiger partial charge in [-0.25, -0.2) is 0 Å². The molecule has 1 rings (SSSR count). The van der Waals surface area contributed by atoms with Gasteiger partial charge in [-0.15, -0.1) is 0 Å². The summed E-state index contributed by atoms with van der Waals surface area (Å²) in [6.45, 7) is 5.12. The van der Waals surface area contributed by atoms with Crippen molar-refractivity contribution in [2.24, 2.45) is 5.41 Å². The lowest BCUT2D eigenvalue weighted by atomic mass is 9.81. The summed E-state index contributed by atoms with van der Waals surface area (Å²) in [5, 5.41) is 3.25. The fourth-order valence-corrected chi connectivity index (χ4v) is 1.68. The summed E-state index contributed by atoms with van der Waals surface area (Å²) in [6, 6.07) is 0. The highest BCUT2D eigenvalue weighted by atomic mass is 16.5. The average molecular weight is 214 g/mol. The topological polar surface area (TPSA) is 41.6 Å². The molecule has 0 amide bonds. The second-order valence-corrected chi connectivity index (χ2v) is 4.75. The minimum atomic E-state index is -0.266. The Morgan fingerprint density at radius 3 is 2.53 bits per heavy atom. The Balaban J connectivity index is 2.31. The molecule has 15 heavy (non-hydrogen) atoms. The number of nitrogens with one attached hydrogen (secondary N) is 1. The number of nitrogens with zero attached hydrogens (tertiary/aromatic N) is 1. The molecule has 0 aromatic heterocycles. The van der Waals surface area contributed by atoms with E-state index in [0.717, 1.165) is 32.5 Å². The third-order valence-electron chi connectivity index (χ3n) is 2.97. The van der Waals surface area contributed by atoms with Gasteiger partial charge in [0.05, 0.1) is 5.41 Å². The molecule has 1 N–H and O–H groups in total. The van der Waals surface area contributed by atoms with Crippen molar-refractivity contribution in [2.45, 2.75) is 19.8 Å². The summed E-state index contributed by atoms with van der Waals surface area (Å²) in [6.07, 6.45) is 1.77. The molecule has 4 nitrogen and oxygen atoms in total. The zero-order chi connectivity index (χ0) is 11.3. The molecule has 1 heterocycles. The third-order valence-corrected chi connectivity index (χ3v) is 2.97. The van der Waals surface area contributed by atoms with Crippen LogP contribution in [0, 0.1) is 5.41 Å². The minimum absolute atomic E-state index is 0.0362. The molecule has 0 aromatic rings. The van der Waals surface area contributed by atoms with Crippen LogP contribution in [0.3, 0.4) is 0 Å². The molecule has 1 fully saturated rings. The van der Waals surface area contributed by atoms with E-state index in [2.05, 4.69) is 5.32 Å². The molecule has 1 saturated heterocycles. The fourth-order valence-electron chi connectivity index (χ4n) is 1.68. The van der Waals surface area contributed by atoms with Crippen molar-refractivity contribution < 1.29 is 9.53 Å². The van der Waals surface area contributed by atoms with Crippen molar-refractivity contribution in [3.8, 4) is 0 Å². The SMILES string of the molecule is CN(C)CCOC(=O)C1(C)CCNCC1. The van der Waals surface area contributed by atoms with Gasteiger partial charge in [0.2, 0.25) is 0 Å². The van der Waals surface area contributed by atoms with Crippen LogP contribution in [0.5, 0.6) is 0 Å². The predicted octanol–water partition coefficient (Wildman–Crippen LogP) is 0.481. The number of likely N-dealkylation sites (N-methyl/N-ethyl adjacent to an activating group) is 1. The number of piperidine rings is 1. The van der Waals surface area contributed by atoms with E-state index in [4.69, 9.17) is 4.74 Å². The van der Waals surface area contributed by atoms with Crippen LogP contribution in [-0.2, 0) is 9.53 Å². The smallest absolute Gasteiger partial charge is 0.311 e. The van der Waals surface area contributed by atoms with Gasteiger partial charge in [0.1, 0.15) is 6.61 Å². The Morgan fingerprint density at radius 2 is 2.00 bits per heavy atom. The second-order valence-electron chi connectivity index (χ2n) is 4.75. The van der Waals surface area contributed by atoms with Gasteiger partial charge < -0.3 is 15.0 Å². The molecule has 0 unspecified atom stereocenters. The van der Waals surface area contributed by atoms with Crippen LogP contribution in [0.4, 0.5) is 0 Å². The first kappa shape index (κ1) is 12.5. The first-order valence-corrected chi connectivity index (χ1v) is 5.57. The van der Waals surface area contributed by atoms with E-state index in [9.17, 15) is 4.79 Å². The maximum absolute atomic E-state index is 11.8. The van der Waals surface area contributed by atoms with Gasteiger partial charge in [-0.05, 0) is 47.0 Å². The van der Waals surface area contributed by atoms with Crippen molar-refractivity contribution in [2.75, 3.05) is 40.3 Å². The Morgan fingerprint density at radius 1 is 1.40 bits per heavy atom. The number of hydrogen-bond donors (Lipinski definition) is 1. The zero-order valence-corrected chi connectivity index (χ0v) is 10.0. The van der Waals surface area contributed by atoms with E-state index in [1.165, 1.54) is 0 Å². The van der Waals surface area contributed by atoms with E-state index in [-0.39, 0.29) is 11.4 Å². The van der Waals surface area contributed by atoms with E-state index >= 15 is 0 Å². The fraction of sp³-hybridized carbons (Fsp3) is 0.909. The highest BCUT2D eigenvalue weighted by Crippen LogP contribution is 2.29. The first-order chi connectivity index (χ1) is 7.04. The maximum Gasteiger partial charge on any atom is 0.311 e. The van der Waals surface area contributed by atoms with Gasteiger partial charge in [-0.2, -0.15) is 0 Å². The highest BCUT2D eigenvalue weighted by Gasteiger charge is 2.35. The van der Waals surface area contributed by atoms with Crippen LogP contribution in [0.1, 0.15) is 19.8 Å². The van der Waals surface area contributed by atoms with Crippen LogP contribution in [0.15, 0.2) is 0 Å². The number of carbonyl (C=O) groups is 1. The molecule has 0 aromatic carbocycles. The average Bonchev–Trinajstić information content (AvgIpc) is 2.18. The summed E-state index contributed by atoms with van der Waals surface area (Å²) in [5.41, 5.74) is -0.266. The lowest BCUT2D eigenvalue weighted by Gasteiger charge is -2.31. The van der Waals surface area contributed by atoms with E-state index in [1.54, 1.807) is 0 Å². The van der Waals surface area contributed by atoms with Crippen molar-refractivity contribution >= 4 is 5.97 Å². The van der Waals surface area contributed by atoms with Gasteiger partial charge in [0.15, 0.2) is 0 Å². The molecule has 1 aliphatic rings. The molecule has 4 heteroatoms. The Kier molecular flexibility index (Phi) is 4.54. The molecule has 0 saturated carbocycles. The van der Waals surface area contributed by atoms with Crippen LogP contribution < -0.4 is 5.32 Å². The van der Waals surface area contributed by atoms with Crippen LogP contribution in [0.25, 0.3) is 0 Å². The predicted molar refractivity (Wildman–Crippen MR) is 59.7 cm³/mol. The molecule has 0 spiro atoms. The van der Waals surface area contributed by atoms with E-state index < -0.39 is 0 Å². The summed E-state index contributed by atoms with van der Waals surface area (Å²) in [7, 11) is 3.94. The molecule has 1 aliphatic heterocycles. The van der Waals surface area contributed by atoms with E-state index in [1.807, 2.05) is 25.9 Å². The van der Waals surface area contributed by atoms with Gasteiger partial charge in [0.25, 0.3) is 0 Å². The van der Waals surface area contributed by atoms with Gasteiger partial charge in [0, 0.05) is 6.54 Å². The summed E-state index contributed by atoms with van der Waals surface area (Å²) in [5.74, 6) is -0.0362. The number of carbonyl (C=O) groups excluding carboxylic acids is 1. The number of hydrogen-bond acceptors (Lipinski definition) is 4. The Bertz CT molecular complexity index is 211. The number of esters is 1. The molecular formula is C11H22N2O2. The third kappa shape index (κ3) is 3.80. The van der Waals surface area contributed by atoms with Crippen molar-refractivity contribution in [1.29, 1.82) is 0 Å². The normalized spacial score (nSPS) is 20.3. The highest BCUT2D eigenvalue weighted by molar-refractivity contribution is 5.76. The monoisotopic (exact) mass is 214 g/mol. The van der Waals surface area contributed by atoms with Crippen molar-refractivity contribution in [3.63, 3.8) is 0 Å². The Hall–Kier alpha value is -0.610. The van der Waals surface area contributed by atoms with Crippen LogP contribution in [-0.4, -0.2) is 51.2 Å². The molecule has 0 radical (unpaired) electrons. The minimum Gasteiger partial charge on any atom is -0.464 e. The maximum atomic E-state index is 11.8. The molecule has 88 valence electrons. The lowest BCUT2D eigenvalue weighted by molar-refractivity contribution is -0.156. The largest absolute Gasteiger partial charge is 0.464 e. The molecule has 0 bridgehead atoms. The summed E-state index contributed by atoms with van der Waals surface area (Å²) in [4.78, 5) is 13.8. The zero-order valence-electron chi connectivity index (χ0n) is 10.0.